The molecule has 1 saturated heterocycles. The largest absolute Gasteiger partial charge is 0.492 e. The molecule has 2 N–H and O–H groups in total. The van der Waals surface area contributed by atoms with Gasteiger partial charge in [0, 0.05) is 38.9 Å². The van der Waals surface area contributed by atoms with E-state index < -0.39 is 0 Å². The fourth-order valence-electron chi connectivity index (χ4n) is 3.39. The predicted octanol–water partition coefficient (Wildman–Crippen LogP) is 2.98. The normalized spacial score (nSPS) is 14.6. The van der Waals surface area contributed by atoms with Crippen LogP contribution >= 0.6 is 24.0 Å². The first kappa shape index (κ1) is 25.2. The van der Waals surface area contributed by atoms with Crippen LogP contribution in [0.4, 0.5) is 5.82 Å². The number of benzene rings is 1. The number of nitrogens with zero attached hydrogens (tertiary/aromatic N) is 4. The van der Waals surface area contributed by atoms with Gasteiger partial charge in [0.15, 0.2) is 5.96 Å². The molecule has 170 valence electrons. The van der Waals surface area contributed by atoms with Gasteiger partial charge in [0.1, 0.15) is 18.2 Å². The molecule has 1 aliphatic rings. The van der Waals surface area contributed by atoms with Crippen molar-refractivity contribution < 1.29 is 4.74 Å². The summed E-state index contributed by atoms with van der Waals surface area (Å²) in [7, 11) is 0. The molecular formula is C23H35IN6O. The van der Waals surface area contributed by atoms with E-state index in [0.29, 0.717) is 19.7 Å². The molecule has 0 bridgehead atoms. The lowest BCUT2D eigenvalue weighted by Gasteiger charge is -2.34. The van der Waals surface area contributed by atoms with Gasteiger partial charge in [-0.1, -0.05) is 25.1 Å². The highest BCUT2D eigenvalue weighted by atomic mass is 127. The summed E-state index contributed by atoms with van der Waals surface area (Å²) in [6.45, 7) is 12.3. The first-order chi connectivity index (χ1) is 14.8. The Balaban J connectivity index is 0.00000341. The van der Waals surface area contributed by atoms with E-state index in [1.54, 1.807) is 0 Å². The Morgan fingerprint density at radius 3 is 2.55 bits per heavy atom. The molecule has 0 amide bonds. The molecule has 2 heterocycles. The lowest BCUT2D eigenvalue weighted by Crippen LogP contribution is -2.46. The average Bonchev–Trinajstić information content (AvgIpc) is 2.81. The minimum absolute atomic E-state index is 0. The smallest absolute Gasteiger partial charge is 0.191 e. The van der Waals surface area contributed by atoms with Crippen molar-refractivity contribution in [2.45, 2.75) is 20.4 Å². The van der Waals surface area contributed by atoms with Gasteiger partial charge in [0.2, 0.25) is 0 Å². The molecule has 0 saturated carbocycles. The standard InChI is InChI=1S/C23H34N6O.HI/c1-3-24-23(26-12-17-30-21-8-6-5-7-9-21)27-19-20-10-11-25-22(18-20)29-15-13-28(4-2)14-16-29;/h5-11,18H,3-4,12-17,19H2,1-2H3,(H2,24,26,27);1H. The third-order valence-electron chi connectivity index (χ3n) is 5.12. The fourth-order valence-corrected chi connectivity index (χ4v) is 3.39. The van der Waals surface area contributed by atoms with Crippen LogP contribution in [0.15, 0.2) is 53.7 Å². The molecule has 1 aromatic heterocycles. The van der Waals surface area contributed by atoms with E-state index in [4.69, 9.17) is 9.73 Å². The van der Waals surface area contributed by atoms with E-state index in [9.17, 15) is 0 Å². The second-order valence-electron chi connectivity index (χ2n) is 7.23. The Labute approximate surface area is 203 Å². The highest BCUT2D eigenvalue weighted by Crippen LogP contribution is 2.15. The summed E-state index contributed by atoms with van der Waals surface area (Å²) in [6, 6.07) is 14.0. The molecule has 7 nitrogen and oxygen atoms in total. The first-order valence-corrected chi connectivity index (χ1v) is 10.9. The van der Waals surface area contributed by atoms with Crippen molar-refractivity contribution in [2.24, 2.45) is 4.99 Å². The number of pyridine rings is 1. The van der Waals surface area contributed by atoms with Crippen molar-refractivity contribution in [3.05, 3.63) is 54.2 Å². The lowest BCUT2D eigenvalue weighted by atomic mass is 10.2. The summed E-state index contributed by atoms with van der Waals surface area (Å²) in [5.41, 5.74) is 1.16. The number of nitrogens with one attached hydrogen (secondary N) is 2. The zero-order valence-electron chi connectivity index (χ0n) is 18.6. The number of hydrogen-bond donors (Lipinski definition) is 2. The van der Waals surface area contributed by atoms with Gasteiger partial charge < -0.3 is 25.2 Å². The molecule has 2 aromatic rings. The Morgan fingerprint density at radius 1 is 1.06 bits per heavy atom. The number of rotatable bonds is 9. The van der Waals surface area contributed by atoms with Crippen LogP contribution in [0.3, 0.4) is 0 Å². The van der Waals surface area contributed by atoms with E-state index in [0.717, 1.165) is 62.4 Å². The van der Waals surface area contributed by atoms with Crippen molar-refractivity contribution >= 4 is 35.8 Å². The molecular weight excluding hydrogens is 503 g/mol. The summed E-state index contributed by atoms with van der Waals surface area (Å²) >= 11 is 0. The van der Waals surface area contributed by atoms with Crippen LogP contribution in [-0.2, 0) is 6.54 Å². The summed E-state index contributed by atoms with van der Waals surface area (Å²) in [5, 5.41) is 6.63. The van der Waals surface area contributed by atoms with Crippen LogP contribution in [0.1, 0.15) is 19.4 Å². The monoisotopic (exact) mass is 538 g/mol. The third kappa shape index (κ3) is 8.53. The molecule has 1 fully saturated rings. The van der Waals surface area contributed by atoms with Gasteiger partial charge in [0.05, 0.1) is 13.1 Å². The molecule has 1 aliphatic heterocycles. The topological polar surface area (TPSA) is 65.0 Å². The summed E-state index contributed by atoms with van der Waals surface area (Å²) in [4.78, 5) is 14.1. The number of anilines is 1. The van der Waals surface area contributed by atoms with E-state index in [-0.39, 0.29) is 24.0 Å². The van der Waals surface area contributed by atoms with Gasteiger partial charge in [-0.15, -0.1) is 24.0 Å². The Bertz CT molecular complexity index is 781. The Morgan fingerprint density at radius 2 is 1.84 bits per heavy atom. The maximum absolute atomic E-state index is 5.73. The summed E-state index contributed by atoms with van der Waals surface area (Å²) < 4.78 is 5.73. The number of ether oxygens (including phenoxy) is 1. The predicted molar refractivity (Wildman–Crippen MR) is 139 cm³/mol. The van der Waals surface area contributed by atoms with Crippen LogP contribution in [0.25, 0.3) is 0 Å². The SMILES string of the molecule is CCNC(=NCc1ccnc(N2CCN(CC)CC2)c1)NCCOc1ccccc1.I. The molecule has 1 aromatic carbocycles. The maximum atomic E-state index is 5.73. The number of halogens is 1. The molecule has 31 heavy (non-hydrogen) atoms. The number of piperazine rings is 1. The lowest BCUT2D eigenvalue weighted by molar-refractivity contribution is 0.270. The van der Waals surface area contributed by atoms with Crippen molar-refractivity contribution in [1.29, 1.82) is 0 Å². The van der Waals surface area contributed by atoms with Crippen LogP contribution < -0.4 is 20.3 Å². The second kappa shape index (κ2) is 14.1. The molecule has 0 unspecified atom stereocenters. The highest BCUT2D eigenvalue weighted by Gasteiger charge is 2.16. The van der Waals surface area contributed by atoms with Crippen LogP contribution in [0.5, 0.6) is 5.75 Å². The van der Waals surface area contributed by atoms with Gasteiger partial charge in [-0.25, -0.2) is 9.98 Å². The molecule has 0 atom stereocenters. The minimum Gasteiger partial charge on any atom is -0.492 e. The second-order valence-corrected chi connectivity index (χ2v) is 7.23. The van der Waals surface area contributed by atoms with Crippen LogP contribution in [0, 0.1) is 0 Å². The van der Waals surface area contributed by atoms with Gasteiger partial charge in [-0.2, -0.15) is 0 Å². The molecule has 0 spiro atoms. The number of likely N-dealkylation sites (N-methyl/N-ethyl adjacent to an activating group) is 1. The van der Waals surface area contributed by atoms with Gasteiger partial charge in [-0.3, -0.25) is 0 Å². The van der Waals surface area contributed by atoms with Crippen LogP contribution in [0.2, 0.25) is 0 Å². The number of hydrogen-bond acceptors (Lipinski definition) is 5. The zero-order valence-corrected chi connectivity index (χ0v) is 20.9. The van der Waals surface area contributed by atoms with E-state index in [2.05, 4.69) is 45.3 Å². The zero-order chi connectivity index (χ0) is 21.0. The van der Waals surface area contributed by atoms with E-state index in [1.807, 2.05) is 42.6 Å². The number of guanidine groups is 1. The Hall–Kier alpha value is -2.07. The van der Waals surface area contributed by atoms with Gasteiger partial charge in [0.25, 0.3) is 0 Å². The fraction of sp³-hybridized carbons (Fsp3) is 0.478. The average molecular weight is 538 g/mol. The Kier molecular flexibility index (Phi) is 11.4. The van der Waals surface area contributed by atoms with Crippen molar-refractivity contribution in [3.63, 3.8) is 0 Å². The summed E-state index contributed by atoms with van der Waals surface area (Å²) in [6.07, 6.45) is 1.89. The third-order valence-corrected chi connectivity index (χ3v) is 5.12. The van der Waals surface area contributed by atoms with Crippen molar-refractivity contribution in [2.75, 3.05) is 57.3 Å². The summed E-state index contributed by atoms with van der Waals surface area (Å²) in [5.74, 6) is 2.72. The molecule has 0 aliphatic carbocycles. The number of para-hydroxylation sites is 1. The van der Waals surface area contributed by atoms with E-state index >= 15 is 0 Å². The highest BCUT2D eigenvalue weighted by molar-refractivity contribution is 14.0. The van der Waals surface area contributed by atoms with E-state index in [1.165, 1.54) is 0 Å². The minimum atomic E-state index is 0. The molecule has 3 rings (SSSR count). The van der Waals surface area contributed by atoms with Crippen molar-refractivity contribution in [3.8, 4) is 5.75 Å². The van der Waals surface area contributed by atoms with Crippen molar-refractivity contribution in [1.82, 2.24) is 20.5 Å². The molecule has 0 radical (unpaired) electrons. The van der Waals surface area contributed by atoms with Crippen LogP contribution in [-0.4, -0.2) is 68.3 Å². The number of aliphatic imine (C=N–C) groups is 1. The quantitative estimate of drug-likeness (QED) is 0.222. The van der Waals surface area contributed by atoms with Gasteiger partial charge >= 0.3 is 0 Å². The first-order valence-electron chi connectivity index (χ1n) is 10.9. The van der Waals surface area contributed by atoms with Gasteiger partial charge in [-0.05, 0) is 43.3 Å². The number of aromatic nitrogens is 1. The maximum Gasteiger partial charge on any atom is 0.191 e. The molecule has 8 heteroatoms.